The van der Waals surface area contributed by atoms with Crippen molar-refractivity contribution in [2.24, 2.45) is 0 Å². The Bertz CT molecular complexity index is 1110. The molecule has 2 aliphatic rings. The normalized spacial score (nSPS) is 20.1. The van der Waals surface area contributed by atoms with E-state index in [1.807, 2.05) is 38.4 Å². The lowest BCUT2D eigenvalue weighted by Crippen LogP contribution is -2.49. The van der Waals surface area contributed by atoms with Crippen LogP contribution in [0.2, 0.25) is 0 Å². The molecule has 3 aromatic rings. The van der Waals surface area contributed by atoms with Crippen LogP contribution in [-0.2, 0) is 4.79 Å². The van der Waals surface area contributed by atoms with Crippen LogP contribution in [0.3, 0.4) is 0 Å². The van der Waals surface area contributed by atoms with Crippen molar-refractivity contribution in [1.29, 1.82) is 0 Å². The van der Waals surface area contributed by atoms with E-state index in [1.165, 1.54) is 19.3 Å². The van der Waals surface area contributed by atoms with Crippen molar-refractivity contribution in [3.8, 4) is 0 Å². The van der Waals surface area contributed by atoms with Gasteiger partial charge in [-0.2, -0.15) is 0 Å². The zero-order valence-electron chi connectivity index (χ0n) is 18.7. The molecule has 1 unspecified atom stereocenters. The minimum absolute atomic E-state index is 0.108. The molecule has 1 amide bonds. The number of fused-ring (bicyclic) bond motifs is 1. The Morgan fingerprint density at radius 1 is 1.00 bits per heavy atom. The van der Waals surface area contributed by atoms with E-state index < -0.39 is 0 Å². The Morgan fingerprint density at radius 2 is 1.84 bits per heavy atom. The highest BCUT2D eigenvalue weighted by Gasteiger charge is 2.32. The third kappa shape index (κ3) is 3.98. The molecule has 8 nitrogen and oxygen atoms in total. The number of anilines is 3. The summed E-state index contributed by atoms with van der Waals surface area (Å²) in [6.07, 6.45) is 7.25. The zero-order chi connectivity index (χ0) is 22.1. The number of hydrogen-bond acceptors (Lipinski definition) is 7. The summed E-state index contributed by atoms with van der Waals surface area (Å²) in [6.45, 7) is 3.66. The van der Waals surface area contributed by atoms with Gasteiger partial charge in [0.1, 0.15) is 23.2 Å². The molecule has 8 heteroatoms. The van der Waals surface area contributed by atoms with Crippen LogP contribution in [0.5, 0.6) is 0 Å². The molecule has 32 heavy (non-hydrogen) atoms. The molecule has 0 aliphatic carbocycles. The number of piperidine rings is 1. The lowest BCUT2D eigenvalue weighted by atomic mass is 10.0. The number of aromatic nitrogens is 3. The molecule has 0 aromatic carbocycles. The largest absolute Gasteiger partial charge is 0.357 e. The van der Waals surface area contributed by atoms with Gasteiger partial charge in [-0.25, -0.2) is 9.97 Å². The molecule has 166 valence electrons. The SMILES string of the molecule is CN1CCN(C)C(c2ccc(Nc3cc(N4CCCCC4)nc4cccnc34)nc2)C1=O. The first-order valence-corrected chi connectivity index (χ1v) is 11.3. The fourth-order valence-electron chi connectivity index (χ4n) is 4.55. The maximum absolute atomic E-state index is 12.7. The maximum Gasteiger partial charge on any atom is 0.244 e. The molecular formula is C24H29N7O. The van der Waals surface area contributed by atoms with Gasteiger partial charge >= 0.3 is 0 Å². The predicted octanol–water partition coefficient (Wildman–Crippen LogP) is 3.20. The van der Waals surface area contributed by atoms with Gasteiger partial charge in [0.05, 0.1) is 11.2 Å². The third-order valence-electron chi connectivity index (χ3n) is 6.43. The first-order chi connectivity index (χ1) is 15.6. The van der Waals surface area contributed by atoms with Crippen LogP contribution in [0.4, 0.5) is 17.3 Å². The van der Waals surface area contributed by atoms with E-state index in [1.54, 1.807) is 17.3 Å². The van der Waals surface area contributed by atoms with Crippen LogP contribution in [0.1, 0.15) is 30.9 Å². The van der Waals surface area contributed by atoms with E-state index in [9.17, 15) is 4.79 Å². The third-order valence-corrected chi connectivity index (χ3v) is 6.43. The molecule has 0 bridgehead atoms. The smallest absolute Gasteiger partial charge is 0.244 e. The first kappa shape index (κ1) is 20.6. The summed E-state index contributed by atoms with van der Waals surface area (Å²) in [7, 11) is 3.84. The fourth-order valence-corrected chi connectivity index (χ4v) is 4.55. The van der Waals surface area contributed by atoms with Gasteiger partial charge in [-0.1, -0.05) is 6.07 Å². The summed E-state index contributed by atoms with van der Waals surface area (Å²) in [6, 6.07) is 9.61. The minimum Gasteiger partial charge on any atom is -0.357 e. The second kappa shape index (κ2) is 8.70. The van der Waals surface area contributed by atoms with Gasteiger partial charge in [0.15, 0.2) is 0 Å². The molecule has 0 spiro atoms. The molecule has 5 heterocycles. The van der Waals surface area contributed by atoms with Crippen molar-refractivity contribution < 1.29 is 4.79 Å². The van der Waals surface area contributed by atoms with Crippen LogP contribution in [0.25, 0.3) is 11.0 Å². The van der Waals surface area contributed by atoms with Crippen LogP contribution >= 0.6 is 0 Å². The van der Waals surface area contributed by atoms with Crippen molar-refractivity contribution in [1.82, 2.24) is 24.8 Å². The number of likely N-dealkylation sites (N-methyl/N-ethyl adjacent to an activating group) is 2. The summed E-state index contributed by atoms with van der Waals surface area (Å²) in [5.74, 6) is 1.80. The number of amides is 1. The Labute approximate surface area is 188 Å². The van der Waals surface area contributed by atoms with E-state index in [-0.39, 0.29) is 11.9 Å². The van der Waals surface area contributed by atoms with Crippen LogP contribution in [0, 0.1) is 0 Å². The second-order valence-electron chi connectivity index (χ2n) is 8.69. The van der Waals surface area contributed by atoms with Crippen LogP contribution < -0.4 is 10.2 Å². The van der Waals surface area contributed by atoms with Crippen molar-refractivity contribution in [3.63, 3.8) is 0 Å². The Morgan fingerprint density at radius 3 is 2.62 bits per heavy atom. The molecule has 2 saturated heterocycles. The minimum atomic E-state index is -0.288. The number of carbonyl (C=O) groups is 1. The van der Waals surface area contributed by atoms with Crippen LogP contribution in [-0.4, -0.2) is 70.9 Å². The van der Waals surface area contributed by atoms with Gasteiger partial charge in [0.25, 0.3) is 0 Å². The van der Waals surface area contributed by atoms with Crippen molar-refractivity contribution >= 4 is 34.3 Å². The standard InChI is InChI=1S/C24H29N7O/c1-29-13-14-30(2)24(32)23(29)17-8-9-20(26-16-17)27-19-15-21(31-11-4-3-5-12-31)28-18-7-6-10-25-22(18)19/h6-10,15-16,23H,3-5,11-14H2,1-2H3,(H,26,27,28). The van der Waals surface area contributed by atoms with E-state index in [2.05, 4.69) is 31.2 Å². The molecule has 2 aliphatic heterocycles. The highest BCUT2D eigenvalue weighted by atomic mass is 16.2. The summed E-state index contributed by atoms with van der Waals surface area (Å²) >= 11 is 0. The molecule has 0 radical (unpaired) electrons. The zero-order valence-corrected chi connectivity index (χ0v) is 18.7. The van der Waals surface area contributed by atoms with E-state index >= 15 is 0 Å². The Balaban J connectivity index is 1.43. The molecule has 1 atom stereocenters. The fraction of sp³-hybridized carbons (Fsp3) is 0.417. The molecular weight excluding hydrogens is 402 g/mol. The van der Waals surface area contributed by atoms with Crippen molar-refractivity contribution in [2.75, 3.05) is 50.5 Å². The monoisotopic (exact) mass is 431 g/mol. The summed E-state index contributed by atoms with van der Waals surface area (Å²) in [4.78, 5) is 32.9. The molecule has 2 fully saturated rings. The quantitative estimate of drug-likeness (QED) is 0.680. The molecule has 3 aromatic heterocycles. The highest BCUT2D eigenvalue weighted by molar-refractivity contribution is 5.91. The average Bonchev–Trinajstić information content (AvgIpc) is 2.83. The summed E-state index contributed by atoms with van der Waals surface area (Å²) in [5.41, 5.74) is 3.48. The van der Waals surface area contributed by atoms with E-state index in [0.717, 1.165) is 60.1 Å². The van der Waals surface area contributed by atoms with E-state index in [0.29, 0.717) is 0 Å². The molecule has 5 rings (SSSR count). The van der Waals surface area contributed by atoms with Gasteiger partial charge in [0, 0.05) is 51.7 Å². The van der Waals surface area contributed by atoms with Crippen LogP contribution in [0.15, 0.2) is 42.7 Å². The maximum atomic E-state index is 12.7. The number of pyridine rings is 3. The lowest BCUT2D eigenvalue weighted by Gasteiger charge is -2.36. The highest BCUT2D eigenvalue weighted by Crippen LogP contribution is 2.30. The van der Waals surface area contributed by atoms with Crippen molar-refractivity contribution in [3.05, 3.63) is 48.3 Å². The Kier molecular flexibility index (Phi) is 5.61. The van der Waals surface area contributed by atoms with Gasteiger partial charge < -0.3 is 15.1 Å². The lowest BCUT2D eigenvalue weighted by molar-refractivity contribution is -0.139. The van der Waals surface area contributed by atoms with Gasteiger partial charge in [-0.15, -0.1) is 0 Å². The number of piperazine rings is 1. The Hall–Kier alpha value is -3.26. The summed E-state index contributed by atoms with van der Waals surface area (Å²) in [5, 5.41) is 3.44. The number of nitrogens with one attached hydrogen (secondary N) is 1. The topological polar surface area (TPSA) is 77.5 Å². The second-order valence-corrected chi connectivity index (χ2v) is 8.69. The van der Waals surface area contributed by atoms with Gasteiger partial charge in [0.2, 0.25) is 5.91 Å². The molecule has 0 saturated carbocycles. The number of rotatable bonds is 4. The molecule has 1 N–H and O–H groups in total. The number of hydrogen-bond donors (Lipinski definition) is 1. The number of carbonyl (C=O) groups excluding carboxylic acids is 1. The summed E-state index contributed by atoms with van der Waals surface area (Å²) < 4.78 is 0. The van der Waals surface area contributed by atoms with Gasteiger partial charge in [-0.3, -0.25) is 14.7 Å². The van der Waals surface area contributed by atoms with Crippen molar-refractivity contribution in [2.45, 2.75) is 25.3 Å². The number of nitrogens with zero attached hydrogens (tertiary/aromatic N) is 6. The van der Waals surface area contributed by atoms with E-state index in [4.69, 9.17) is 4.98 Å². The average molecular weight is 432 g/mol. The van der Waals surface area contributed by atoms with Gasteiger partial charge in [-0.05, 0) is 50.1 Å². The first-order valence-electron chi connectivity index (χ1n) is 11.3. The predicted molar refractivity (Wildman–Crippen MR) is 126 cm³/mol.